The summed E-state index contributed by atoms with van der Waals surface area (Å²) in [6.07, 6.45) is 0.296. The average Bonchev–Trinajstić information content (AvgIpc) is 3.11. The number of hydrogen-bond donors (Lipinski definition) is 1. The second kappa shape index (κ2) is 6.60. The van der Waals surface area contributed by atoms with Gasteiger partial charge in [-0.15, -0.1) is 22.7 Å². The van der Waals surface area contributed by atoms with E-state index in [1.165, 1.54) is 0 Å². The lowest BCUT2D eigenvalue weighted by atomic mass is 10.2. The second-order valence-electron chi connectivity index (χ2n) is 4.69. The van der Waals surface area contributed by atoms with Crippen LogP contribution in [-0.4, -0.2) is 10.9 Å². The maximum absolute atomic E-state index is 12.3. The van der Waals surface area contributed by atoms with Crippen LogP contribution in [0.3, 0.4) is 0 Å². The number of carbonyl (C=O) groups is 1. The number of halogens is 1. The van der Waals surface area contributed by atoms with Crippen molar-refractivity contribution >= 4 is 45.9 Å². The summed E-state index contributed by atoms with van der Waals surface area (Å²) in [6.45, 7) is 1.96. The SMILES string of the molecule is Cc1nc(-c2cccs2)c(CC(=O)Nc2ccccc2Cl)s1. The van der Waals surface area contributed by atoms with Gasteiger partial charge in [0.25, 0.3) is 0 Å². The molecule has 0 aliphatic rings. The molecule has 0 fully saturated rings. The first-order valence-electron chi connectivity index (χ1n) is 6.68. The van der Waals surface area contributed by atoms with Crippen LogP contribution < -0.4 is 5.32 Å². The zero-order chi connectivity index (χ0) is 15.5. The van der Waals surface area contributed by atoms with Crippen LogP contribution in [-0.2, 0) is 11.2 Å². The zero-order valence-corrected chi connectivity index (χ0v) is 14.2. The standard InChI is InChI=1S/C16H13ClN2OS2/c1-10-18-16(13-7-4-8-21-13)14(22-10)9-15(20)19-12-6-3-2-5-11(12)17/h2-8H,9H2,1H3,(H,19,20). The third-order valence-corrected chi connectivity index (χ3v) is 5.20. The van der Waals surface area contributed by atoms with Crippen molar-refractivity contribution < 1.29 is 4.79 Å². The number of nitrogens with one attached hydrogen (secondary N) is 1. The third-order valence-electron chi connectivity index (χ3n) is 3.03. The van der Waals surface area contributed by atoms with Gasteiger partial charge in [0.05, 0.1) is 32.7 Å². The number of hydrogen-bond acceptors (Lipinski definition) is 4. The van der Waals surface area contributed by atoms with Gasteiger partial charge in [0.15, 0.2) is 0 Å². The Morgan fingerprint density at radius 2 is 2.09 bits per heavy atom. The molecule has 1 amide bonds. The van der Waals surface area contributed by atoms with Gasteiger partial charge in [-0.1, -0.05) is 29.8 Å². The van der Waals surface area contributed by atoms with E-state index < -0.39 is 0 Å². The summed E-state index contributed by atoms with van der Waals surface area (Å²) in [6, 6.07) is 11.2. The van der Waals surface area contributed by atoms with Crippen LogP contribution in [0.25, 0.3) is 10.6 Å². The minimum Gasteiger partial charge on any atom is -0.324 e. The van der Waals surface area contributed by atoms with Gasteiger partial charge < -0.3 is 5.32 Å². The summed E-state index contributed by atoms with van der Waals surface area (Å²) in [5, 5.41) is 6.36. The lowest BCUT2D eigenvalue weighted by Gasteiger charge is -2.06. The number of carbonyl (C=O) groups excluding carboxylic acids is 1. The van der Waals surface area contributed by atoms with Gasteiger partial charge in [-0.05, 0) is 30.5 Å². The van der Waals surface area contributed by atoms with Crippen molar-refractivity contribution in [2.75, 3.05) is 5.32 Å². The van der Waals surface area contributed by atoms with E-state index in [9.17, 15) is 4.79 Å². The molecule has 22 heavy (non-hydrogen) atoms. The van der Waals surface area contributed by atoms with Crippen molar-refractivity contribution in [3.63, 3.8) is 0 Å². The molecule has 0 bridgehead atoms. The van der Waals surface area contributed by atoms with E-state index in [1.54, 1.807) is 34.8 Å². The monoisotopic (exact) mass is 348 g/mol. The predicted octanol–water partition coefficient (Wildman–Crippen LogP) is 5.01. The molecule has 0 radical (unpaired) electrons. The Balaban J connectivity index is 1.79. The third kappa shape index (κ3) is 3.38. The first kappa shape index (κ1) is 15.2. The van der Waals surface area contributed by atoms with E-state index in [4.69, 9.17) is 11.6 Å². The van der Waals surface area contributed by atoms with Gasteiger partial charge in [-0.25, -0.2) is 4.98 Å². The van der Waals surface area contributed by atoms with Gasteiger partial charge in [-0.2, -0.15) is 0 Å². The summed E-state index contributed by atoms with van der Waals surface area (Å²) in [4.78, 5) is 18.9. The highest BCUT2D eigenvalue weighted by Gasteiger charge is 2.16. The van der Waals surface area contributed by atoms with Gasteiger partial charge in [0.2, 0.25) is 5.91 Å². The summed E-state index contributed by atoms with van der Waals surface area (Å²) >= 11 is 9.25. The molecule has 3 rings (SSSR count). The number of para-hydroxylation sites is 1. The lowest BCUT2D eigenvalue weighted by molar-refractivity contribution is -0.115. The zero-order valence-electron chi connectivity index (χ0n) is 11.8. The fraction of sp³-hybridized carbons (Fsp3) is 0.125. The smallest absolute Gasteiger partial charge is 0.229 e. The molecule has 3 aromatic rings. The van der Waals surface area contributed by atoms with Gasteiger partial charge in [0, 0.05) is 4.88 Å². The Hall–Kier alpha value is -1.69. The first-order chi connectivity index (χ1) is 10.6. The Morgan fingerprint density at radius 1 is 1.27 bits per heavy atom. The Bertz CT molecular complexity index is 796. The Kier molecular flexibility index (Phi) is 4.57. The van der Waals surface area contributed by atoms with Crippen LogP contribution in [0.2, 0.25) is 5.02 Å². The van der Waals surface area contributed by atoms with Crippen LogP contribution in [0, 0.1) is 6.92 Å². The molecule has 0 unspecified atom stereocenters. The number of nitrogens with zero attached hydrogens (tertiary/aromatic N) is 1. The molecular weight excluding hydrogens is 336 g/mol. The number of benzene rings is 1. The van der Waals surface area contributed by atoms with Gasteiger partial charge in [-0.3, -0.25) is 4.79 Å². The van der Waals surface area contributed by atoms with E-state index >= 15 is 0 Å². The van der Waals surface area contributed by atoms with Crippen molar-refractivity contribution in [2.24, 2.45) is 0 Å². The van der Waals surface area contributed by atoms with E-state index in [-0.39, 0.29) is 5.91 Å². The van der Waals surface area contributed by atoms with Crippen LogP contribution in [0.15, 0.2) is 41.8 Å². The van der Waals surface area contributed by atoms with Crippen molar-refractivity contribution in [2.45, 2.75) is 13.3 Å². The van der Waals surface area contributed by atoms with E-state index in [2.05, 4.69) is 10.3 Å². The number of amides is 1. The highest BCUT2D eigenvalue weighted by atomic mass is 35.5. The number of thiazole rings is 1. The number of aromatic nitrogens is 1. The molecule has 0 aliphatic carbocycles. The topological polar surface area (TPSA) is 42.0 Å². The molecule has 0 aliphatic heterocycles. The Labute approximate surface area is 141 Å². The van der Waals surface area contributed by atoms with Crippen LogP contribution in [0.4, 0.5) is 5.69 Å². The molecule has 1 N–H and O–H groups in total. The van der Waals surface area contributed by atoms with E-state index in [0.717, 1.165) is 20.5 Å². The quantitative estimate of drug-likeness (QED) is 0.719. The normalized spacial score (nSPS) is 10.6. The molecule has 0 atom stereocenters. The van der Waals surface area contributed by atoms with Crippen LogP contribution in [0.1, 0.15) is 9.88 Å². The number of rotatable bonds is 4. The van der Waals surface area contributed by atoms with Gasteiger partial charge in [0.1, 0.15) is 0 Å². The molecule has 2 heterocycles. The van der Waals surface area contributed by atoms with Gasteiger partial charge >= 0.3 is 0 Å². The summed E-state index contributed by atoms with van der Waals surface area (Å²) in [5.74, 6) is -0.0884. The summed E-state index contributed by atoms with van der Waals surface area (Å²) in [5.41, 5.74) is 1.54. The molecule has 2 aromatic heterocycles. The minimum atomic E-state index is -0.0884. The number of aryl methyl sites for hydroxylation is 1. The highest BCUT2D eigenvalue weighted by molar-refractivity contribution is 7.15. The van der Waals surface area contributed by atoms with E-state index in [1.807, 2.05) is 36.6 Å². The molecule has 112 valence electrons. The molecule has 0 spiro atoms. The molecule has 6 heteroatoms. The fourth-order valence-corrected chi connectivity index (χ4v) is 4.04. The largest absolute Gasteiger partial charge is 0.324 e. The fourth-order valence-electron chi connectivity index (χ4n) is 2.10. The first-order valence-corrected chi connectivity index (χ1v) is 8.75. The van der Waals surface area contributed by atoms with Crippen molar-refractivity contribution in [1.82, 2.24) is 4.98 Å². The number of thiophene rings is 1. The lowest BCUT2D eigenvalue weighted by Crippen LogP contribution is -2.14. The van der Waals surface area contributed by atoms with Crippen LogP contribution >= 0.6 is 34.3 Å². The average molecular weight is 349 g/mol. The molecule has 0 saturated heterocycles. The van der Waals surface area contributed by atoms with E-state index in [0.29, 0.717) is 17.1 Å². The Morgan fingerprint density at radius 3 is 2.82 bits per heavy atom. The summed E-state index contributed by atoms with van der Waals surface area (Å²) in [7, 11) is 0. The maximum atomic E-state index is 12.3. The minimum absolute atomic E-state index is 0.0884. The number of anilines is 1. The van der Waals surface area contributed by atoms with Crippen molar-refractivity contribution in [3.8, 4) is 10.6 Å². The molecular formula is C16H13ClN2OS2. The molecule has 1 aromatic carbocycles. The second-order valence-corrected chi connectivity index (χ2v) is 7.33. The van der Waals surface area contributed by atoms with Crippen LogP contribution in [0.5, 0.6) is 0 Å². The van der Waals surface area contributed by atoms with Crippen molar-refractivity contribution in [1.29, 1.82) is 0 Å². The molecule has 3 nitrogen and oxygen atoms in total. The summed E-state index contributed by atoms with van der Waals surface area (Å²) < 4.78 is 0. The maximum Gasteiger partial charge on any atom is 0.229 e. The van der Waals surface area contributed by atoms with Crippen molar-refractivity contribution in [3.05, 3.63) is 56.7 Å². The predicted molar refractivity (Wildman–Crippen MR) is 93.9 cm³/mol. The highest BCUT2D eigenvalue weighted by Crippen LogP contribution is 2.32. The molecule has 0 saturated carbocycles.